The van der Waals surface area contributed by atoms with Gasteiger partial charge in [-0.3, -0.25) is 4.79 Å². The SMILES string of the molecule is Cc1cccc(C)c1Nc1nccc(C(=O)Nc2ccccc2C#N)n1. The van der Waals surface area contributed by atoms with Gasteiger partial charge in [0.05, 0.1) is 11.3 Å². The molecular weight excluding hydrogens is 326 g/mol. The largest absolute Gasteiger partial charge is 0.324 e. The van der Waals surface area contributed by atoms with E-state index in [0.29, 0.717) is 17.2 Å². The maximum absolute atomic E-state index is 12.5. The Bertz CT molecular complexity index is 987. The molecule has 0 bridgehead atoms. The van der Waals surface area contributed by atoms with Crippen molar-refractivity contribution in [2.45, 2.75) is 13.8 Å². The number of rotatable bonds is 4. The van der Waals surface area contributed by atoms with Crippen LogP contribution in [0.25, 0.3) is 0 Å². The summed E-state index contributed by atoms with van der Waals surface area (Å²) >= 11 is 0. The summed E-state index contributed by atoms with van der Waals surface area (Å²) in [5.74, 6) is -0.0664. The van der Waals surface area contributed by atoms with Crippen LogP contribution in [0.2, 0.25) is 0 Å². The second-order valence-corrected chi connectivity index (χ2v) is 5.77. The van der Waals surface area contributed by atoms with E-state index < -0.39 is 5.91 Å². The average Bonchev–Trinajstić information content (AvgIpc) is 2.65. The molecule has 6 heteroatoms. The Balaban J connectivity index is 1.83. The lowest BCUT2D eigenvalue weighted by atomic mass is 10.1. The summed E-state index contributed by atoms with van der Waals surface area (Å²) in [7, 11) is 0. The van der Waals surface area contributed by atoms with Gasteiger partial charge in [-0.25, -0.2) is 9.97 Å². The number of hydrogen-bond acceptors (Lipinski definition) is 5. The third kappa shape index (κ3) is 3.68. The lowest BCUT2D eigenvalue weighted by Gasteiger charge is -2.12. The molecule has 0 fully saturated rings. The summed E-state index contributed by atoms with van der Waals surface area (Å²) in [6.07, 6.45) is 1.52. The van der Waals surface area contributed by atoms with Crippen LogP contribution in [0.3, 0.4) is 0 Å². The maximum atomic E-state index is 12.5. The Morgan fingerprint density at radius 3 is 2.50 bits per heavy atom. The zero-order valence-electron chi connectivity index (χ0n) is 14.4. The average molecular weight is 343 g/mol. The van der Waals surface area contributed by atoms with Crippen molar-refractivity contribution < 1.29 is 4.79 Å². The molecule has 1 heterocycles. The van der Waals surface area contributed by atoms with Gasteiger partial charge in [0, 0.05) is 11.9 Å². The van der Waals surface area contributed by atoms with Crippen molar-refractivity contribution in [1.82, 2.24) is 9.97 Å². The number of nitrogens with zero attached hydrogens (tertiary/aromatic N) is 3. The molecular formula is C20H17N5O. The van der Waals surface area contributed by atoms with Crippen LogP contribution in [0.4, 0.5) is 17.3 Å². The van der Waals surface area contributed by atoms with E-state index in [1.54, 1.807) is 24.3 Å². The highest BCUT2D eigenvalue weighted by Gasteiger charge is 2.12. The fourth-order valence-electron chi connectivity index (χ4n) is 2.54. The minimum Gasteiger partial charge on any atom is -0.324 e. The van der Waals surface area contributed by atoms with Crippen molar-refractivity contribution in [3.8, 4) is 6.07 Å². The molecule has 0 atom stereocenters. The predicted octanol–water partition coefficient (Wildman–Crippen LogP) is 3.96. The predicted molar refractivity (Wildman–Crippen MR) is 100 cm³/mol. The molecule has 26 heavy (non-hydrogen) atoms. The van der Waals surface area contributed by atoms with Gasteiger partial charge in [-0.15, -0.1) is 0 Å². The summed E-state index contributed by atoms with van der Waals surface area (Å²) in [6.45, 7) is 3.98. The highest BCUT2D eigenvalue weighted by atomic mass is 16.1. The van der Waals surface area contributed by atoms with Crippen LogP contribution in [0, 0.1) is 25.2 Å². The molecule has 1 aromatic heterocycles. The first-order valence-corrected chi connectivity index (χ1v) is 8.05. The van der Waals surface area contributed by atoms with Crippen LogP contribution in [0.1, 0.15) is 27.2 Å². The summed E-state index contributed by atoms with van der Waals surface area (Å²) in [5, 5.41) is 15.0. The minimum absolute atomic E-state index is 0.210. The van der Waals surface area contributed by atoms with Gasteiger partial charge in [0.15, 0.2) is 0 Å². The van der Waals surface area contributed by atoms with Gasteiger partial charge >= 0.3 is 0 Å². The molecule has 3 rings (SSSR count). The smallest absolute Gasteiger partial charge is 0.274 e. The van der Waals surface area contributed by atoms with Crippen molar-refractivity contribution in [3.05, 3.63) is 77.1 Å². The summed E-state index contributed by atoms with van der Waals surface area (Å²) in [6, 6.07) is 16.4. The third-order valence-electron chi connectivity index (χ3n) is 3.90. The molecule has 0 radical (unpaired) electrons. The molecule has 0 aliphatic carbocycles. The van der Waals surface area contributed by atoms with Crippen molar-refractivity contribution in [1.29, 1.82) is 5.26 Å². The highest BCUT2D eigenvalue weighted by Crippen LogP contribution is 2.22. The maximum Gasteiger partial charge on any atom is 0.274 e. The number of hydrogen-bond donors (Lipinski definition) is 2. The van der Waals surface area contributed by atoms with Crippen LogP contribution in [0.15, 0.2) is 54.7 Å². The molecule has 0 saturated heterocycles. The van der Waals surface area contributed by atoms with E-state index in [1.165, 1.54) is 12.3 Å². The number of aryl methyl sites for hydroxylation is 2. The van der Waals surface area contributed by atoms with Gasteiger partial charge in [0.2, 0.25) is 5.95 Å². The third-order valence-corrected chi connectivity index (χ3v) is 3.90. The Morgan fingerprint density at radius 1 is 1.04 bits per heavy atom. The first-order chi connectivity index (χ1) is 12.6. The zero-order valence-corrected chi connectivity index (χ0v) is 14.4. The van der Waals surface area contributed by atoms with E-state index in [9.17, 15) is 4.79 Å². The molecule has 0 unspecified atom stereocenters. The quantitative estimate of drug-likeness (QED) is 0.748. The monoisotopic (exact) mass is 343 g/mol. The molecule has 0 spiro atoms. The van der Waals surface area contributed by atoms with E-state index in [2.05, 4.69) is 20.6 Å². The number of anilines is 3. The summed E-state index contributed by atoms with van der Waals surface area (Å²) in [5.41, 5.74) is 4.09. The number of nitriles is 1. The van der Waals surface area contributed by atoms with Gasteiger partial charge in [0.25, 0.3) is 5.91 Å². The molecule has 128 valence electrons. The molecule has 1 amide bonds. The van der Waals surface area contributed by atoms with Gasteiger partial charge in [0.1, 0.15) is 11.8 Å². The first kappa shape index (κ1) is 17.1. The van der Waals surface area contributed by atoms with Crippen LogP contribution in [0.5, 0.6) is 0 Å². The van der Waals surface area contributed by atoms with Gasteiger partial charge in [-0.1, -0.05) is 30.3 Å². The summed E-state index contributed by atoms with van der Waals surface area (Å²) in [4.78, 5) is 21.0. The number of carbonyl (C=O) groups excluding carboxylic acids is 1. The normalized spacial score (nSPS) is 10.0. The van der Waals surface area contributed by atoms with Gasteiger partial charge in [-0.2, -0.15) is 5.26 Å². The van der Waals surface area contributed by atoms with E-state index in [4.69, 9.17) is 5.26 Å². The number of nitrogens with one attached hydrogen (secondary N) is 2. The molecule has 0 aliphatic rings. The van der Waals surface area contributed by atoms with Gasteiger partial charge < -0.3 is 10.6 Å². The standard InChI is InChI=1S/C20H17N5O/c1-13-6-5-7-14(2)18(13)25-20-22-11-10-17(24-20)19(26)23-16-9-4-3-8-15(16)12-21/h3-11H,1-2H3,(H,23,26)(H,22,24,25). The van der Waals surface area contributed by atoms with E-state index in [-0.39, 0.29) is 5.69 Å². The fraction of sp³-hybridized carbons (Fsp3) is 0.100. The second kappa shape index (κ2) is 7.45. The number of para-hydroxylation sites is 2. The Hall–Kier alpha value is -3.72. The van der Waals surface area contributed by atoms with Crippen LogP contribution in [-0.4, -0.2) is 15.9 Å². The number of aromatic nitrogens is 2. The number of carbonyl (C=O) groups is 1. The first-order valence-electron chi connectivity index (χ1n) is 8.05. The van der Waals surface area contributed by atoms with E-state index in [0.717, 1.165) is 16.8 Å². The minimum atomic E-state index is -0.403. The van der Waals surface area contributed by atoms with Crippen molar-refractivity contribution in [3.63, 3.8) is 0 Å². The number of benzene rings is 2. The molecule has 6 nitrogen and oxygen atoms in total. The second-order valence-electron chi connectivity index (χ2n) is 5.77. The Morgan fingerprint density at radius 2 is 1.77 bits per heavy atom. The van der Waals surface area contributed by atoms with Crippen LogP contribution < -0.4 is 10.6 Å². The van der Waals surface area contributed by atoms with Gasteiger partial charge in [-0.05, 0) is 43.2 Å². The molecule has 2 N–H and O–H groups in total. The fourth-order valence-corrected chi connectivity index (χ4v) is 2.54. The Labute approximate surface area is 151 Å². The Kier molecular flexibility index (Phi) is 4.90. The lowest BCUT2D eigenvalue weighted by molar-refractivity contribution is 0.102. The van der Waals surface area contributed by atoms with E-state index >= 15 is 0 Å². The highest BCUT2D eigenvalue weighted by molar-refractivity contribution is 6.03. The molecule has 0 aliphatic heterocycles. The van der Waals surface area contributed by atoms with Crippen LogP contribution >= 0.6 is 0 Å². The van der Waals surface area contributed by atoms with Crippen molar-refractivity contribution in [2.24, 2.45) is 0 Å². The molecule has 3 aromatic rings. The van der Waals surface area contributed by atoms with Crippen molar-refractivity contribution in [2.75, 3.05) is 10.6 Å². The topological polar surface area (TPSA) is 90.7 Å². The molecule has 0 saturated carbocycles. The lowest BCUT2D eigenvalue weighted by Crippen LogP contribution is -2.15. The summed E-state index contributed by atoms with van der Waals surface area (Å²) < 4.78 is 0. The number of amides is 1. The zero-order chi connectivity index (χ0) is 18.5. The molecule has 2 aromatic carbocycles. The van der Waals surface area contributed by atoms with E-state index in [1.807, 2.05) is 38.1 Å². The van der Waals surface area contributed by atoms with Crippen LogP contribution in [-0.2, 0) is 0 Å². The van der Waals surface area contributed by atoms with Crippen molar-refractivity contribution >= 4 is 23.2 Å².